The van der Waals surface area contributed by atoms with Crippen LogP contribution in [0, 0.1) is 0 Å². The van der Waals surface area contributed by atoms with Crippen molar-refractivity contribution in [2.24, 2.45) is 7.05 Å². The third-order valence-corrected chi connectivity index (χ3v) is 2.63. The second-order valence-corrected chi connectivity index (χ2v) is 4.17. The maximum atomic E-state index is 5.12. The van der Waals surface area contributed by atoms with E-state index in [1.54, 1.807) is 7.11 Å². The fourth-order valence-electron chi connectivity index (χ4n) is 1.81. The Morgan fingerprint density at radius 2 is 2.12 bits per heavy atom. The zero-order chi connectivity index (χ0) is 12.1. The van der Waals surface area contributed by atoms with Crippen LogP contribution in [-0.4, -0.2) is 11.7 Å². The number of benzene rings is 1. The van der Waals surface area contributed by atoms with E-state index >= 15 is 0 Å². The highest BCUT2D eigenvalue weighted by Gasteiger charge is 1.97. The van der Waals surface area contributed by atoms with Gasteiger partial charge in [-0.1, -0.05) is 12.1 Å². The fourth-order valence-corrected chi connectivity index (χ4v) is 1.81. The Balaban J connectivity index is 1.96. The number of hydrogen-bond donors (Lipinski definition) is 1. The summed E-state index contributed by atoms with van der Waals surface area (Å²) in [4.78, 5) is 0. The number of ether oxygens (including phenoxy) is 1. The van der Waals surface area contributed by atoms with Crippen molar-refractivity contribution < 1.29 is 4.74 Å². The van der Waals surface area contributed by atoms with Gasteiger partial charge in [0.25, 0.3) is 0 Å². The van der Waals surface area contributed by atoms with Gasteiger partial charge in [0.2, 0.25) is 0 Å². The van der Waals surface area contributed by atoms with E-state index in [1.807, 2.05) is 13.1 Å². The molecule has 3 nitrogen and oxygen atoms in total. The maximum absolute atomic E-state index is 5.12. The van der Waals surface area contributed by atoms with Gasteiger partial charge < -0.3 is 14.6 Å². The van der Waals surface area contributed by atoms with Gasteiger partial charge >= 0.3 is 0 Å². The summed E-state index contributed by atoms with van der Waals surface area (Å²) in [5.41, 5.74) is 3.60. The minimum Gasteiger partial charge on any atom is -0.381 e. The van der Waals surface area contributed by atoms with Gasteiger partial charge in [0.1, 0.15) is 0 Å². The van der Waals surface area contributed by atoms with E-state index in [2.05, 4.69) is 46.5 Å². The second kappa shape index (κ2) is 5.55. The molecule has 0 unspecified atom stereocenters. The molecule has 1 N–H and O–H groups in total. The maximum Gasteiger partial charge on any atom is 0.0713 e. The van der Waals surface area contributed by atoms with Crippen LogP contribution < -0.4 is 5.32 Å². The van der Waals surface area contributed by atoms with Crippen LogP contribution in [0.5, 0.6) is 0 Å². The molecule has 0 aliphatic heterocycles. The molecule has 1 heterocycles. The molecule has 90 valence electrons. The normalized spacial score (nSPS) is 10.5. The highest BCUT2D eigenvalue weighted by atomic mass is 16.5. The van der Waals surface area contributed by atoms with Crippen molar-refractivity contribution in [1.29, 1.82) is 0 Å². The lowest BCUT2D eigenvalue weighted by molar-refractivity contribution is 0.185. The van der Waals surface area contributed by atoms with Crippen LogP contribution in [0.3, 0.4) is 0 Å². The number of nitrogens with one attached hydrogen (secondary N) is 1. The van der Waals surface area contributed by atoms with Crippen LogP contribution in [0.25, 0.3) is 0 Å². The van der Waals surface area contributed by atoms with Gasteiger partial charge in [0.15, 0.2) is 0 Å². The molecule has 0 aliphatic carbocycles. The van der Waals surface area contributed by atoms with Crippen LogP contribution >= 0.6 is 0 Å². The molecule has 3 heteroatoms. The Labute approximate surface area is 102 Å². The SMILES string of the molecule is COCc1cccc(NCc2ccn(C)c2)c1. The van der Waals surface area contributed by atoms with E-state index in [4.69, 9.17) is 4.74 Å². The Morgan fingerprint density at radius 3 is 2.82 bits per heavy atom. The molecule has 2 aromatic rings. The summed E-state index contributed by atoms with van der Waals surface area (Å²) in [6.07, 6.45) is 4.17. The summed E-state index contributed by atoms with van der Waals surface area (Å²) >= 11 is 0. The average Bonchev–Trinajstić information content (AvgIpc) is 2.74. The minimum absolute atomic E-state index is 0.654. The number of methoxy groups -OCH3 is 1. The molecule has 17 heavy (non-hydrogen) atoms. The molecule has 1 aromatic heterocycles. The lowest BCUT2D eigenvalue weighted by atomic mass is 10.2. The zero-order valence-corrected chi connectivity index (χ0v) is 10.3. The molecular formula is C14H18N2O. The Morgan fingerprint density at radius 1 is 1.24 bits per heavy atom. The quantitative estimate of drug-likeness (QED) is 0.854. The summed E-state index contributed by atoms with van der Waals surface area (Å²) in [7, 11) is 3.74. The third-order valence-electron chi connectivity index (χ3n) is 2.63. The lowest BCUT2D eigenvalue weighted by Crippen LogP contribution is -1.99. The minimum atomic E-state index is 0.654. The summed E-state index contributed by atoms with van der Waals surface area (Å²) in [5.74, 6) is 0. The first kappa shape index (κ1) is 11.7. The van der Waals surface area contributed by atoms with Crippen LogP contribution in [-0.2, 0) is 24.9 Å². The first-order valence-corrected chi connectivity index (χ1v) is 5.70. The van der Waals surface area contributed by atoms with Crippen molar-refractivity contribution in [1.82, 2.24) is 4.57 Å². The lowest BCUT2D eigenvalue weighted by Gasteiger charge is -2.07. The number of nitrogens with zero attached hydrogens (tertiary/aromatic N) is 1. The predicted octanol–water partition coefficient (Wildman–Crippen LogP) is 2.78. The summed E-state index contributed by atoms with van der Waals surface area (Å²) in [6, 6.07) is 10.4. The first-order valence-electron chi connectivity index (χ1n) is 5.70. The van der Waals surface area contributed by atoms with Gasteiger partial charge in [-0.05, 0) is 29.3 Å². The van der Waals surface area contributed by atoms with E-state index in [0.717, 1.165) is 12.2 Å². The Bertz CT molecular complexity index is 477. The van der Waals surface area contributed by atoms with Crippen LogP contribution in [0.15, 0.2) is 42.7 Å². The standard InChI is InChI=1S/C14H18N2O/c1-16-7-6-13(10-16)9-15-14-5-3-4-12(8-14)11-17-2/h3-8,10,15H,9,11H2,1-2H3. The molecule has 0 atom stereocenters. The molecule has 2 rings (SSSR count). The molecule has 0 amide bonds. The number of aryl methyl sites for hydroxylation is 1. The topological polar surface area (TPSA) is 26.2 Å². The summed E-state index contributed by atoms with van der Waals surface area (Å²) < 4.78 is 7.17. The largest absolute Gasteiger partial charge is 0.381 e. The van der Waals surface area contributed by atoms with Crippen molar-refractivity contribution in [3.8, 4) is 0 Å². The van der Waals surface area contributed by atoms with Crippen LogP contribution in [0.2, 0.25) is 0 Å². The van der Waals surface area contributed by atoms with Crippen LogP contribution in [0.1, 0.15) is 11.1 Å². The van der Waals surface area contributed by atoms with Gasteiger partial charge in [0, 0.05) is 38.8 Å². The van der Waals surface area contributed by atoms with Crippen molar-refractivity contribution in [2.75, 3.05) is 12.4 Å². The monoisotopic (exact) mass is 230 g/mol. The van der Waals surface area contributed by atoms with E-state index in [9.17, 15) is 0 Å². The Hall–Kier alpha value is -1.74. The van der Waals surface area contributed by atoms with Crippen molar-refractivity contribution in [2.45, 2.75) is 13.2 Å². The third kappa shape index (κ3) is 3.36. The number of rotatable bonds is 5. The second-order valence-electron chi connectivity index (χ2n) is 4.17. The summed E-state index contributed by atoms with van der Waals surface area (Å²) in [6.45, 7) is 1.50. The molecule has 0 fully saturated rings. The summed E-state index contributed by atoms with van der Waals surface area (Å²) in [5, 5.41) is 3.40. The van der Waals surface area contributed by atoms with Gasteiger partial charge in [-0.2, -0.15) is 0 Å². The van der Waals surface area contributed by atoms with Crippen molar-refractivity contribution in [3.05, 3.63) is 53.9 Å². The number of anilines is 1. The molecule has 0 saturated carbocycles. The fraction of sp³-hybridized carbons (Fsp3) is 0.286. The molecule has 0 aliphatic rings. The van der Waals surface area contributed by atoms with Crippen LogP contribution in [0.4, 0.5) is 5.69 Å². The molecular weight excluding hydrogens is 212 g/mol. The molecule has 0 bridgehead atoms. The van der Waals surface area contributed by atoms with E-state index in [1.165, 1.54) is 11.1 Å². The van der Waals surface area contributed by atoms with Gasteiger partial charge in [-0.15, -0.1) is 0 Å². The van der Waals surface area contributed by atoms with Gasteiger partial charge in [-0.25, -0.2) is 0 Å². The van der Waals surface area contributed by atoms with E-state index in [-0.39, 0.29) is 0 Å². The van der Waals surface area contributed by atoms with Crippen molar-refractivity contribution >= 4 is 5.69 Å². The van der Waals surface area contributed by atoms with Crippen molar-refractivity contribution in [3.63, 3.8) is 0 Å². The molecule has 0 spiro atoms. The average molecular weight is 230 g/mol. The zero-order valence-electron chi connectivity index (χ0n) is 10.3. The number of aromatic nitrogens is 1. The Kier molecular flexibility index (Phi) is 3.83. The highest BCUT2D eigenvalue weighted by molar-refractivity contribution is 5.46. The van der Waals surface area contributed by atoms with Gasteiger partial charge in [-0.3, -0.25) is 0 Å². The smallest absolute Gasteiger partial charge is 0.0713 e. The van der Waals surface area contributed by atoms with E-state index < -0.39 is 0 Å². The first-order chi connectivity index (χ1) is 8.28. The molecule has 0 saturated heterocycles. The molecule has 1 aromatic carbocycles. The predicted molar refractivity (Wildman–Crippen MR) is 69.9 cm³/mol. The number of hydrogen-bond acceptors (Lipinski definition) is 2. The highest BCUT2D eigenvalue weighted by Crippen LogP contribution is 2.12. The van der Waals surface area contributed by atoms with E-state index in [0.29, 0.717) is 6.61 Å². The van der Waals surface area contributed by atoms with Gasteiger partial charge in [0.05, 0.1) is 6.61 Å². The molecule has 0 radical (unpaired) electrons.